The van der Waals surface area contributed by atoms with Crippen molar-refractivity contribution in [2.45, 2.75) is 26.4 Å². The fourth-order valence-corrected chi connectivity index (χ4v) is 1.39. The van der Waals surface area contributed by atoms with Gasteiger partial charge in [0.1, 0.15) is 11.3 Å². The molecular weight excluding hydrogens is 242 g/mol. The van der Waals surface area contributed by atoms with Crippen LogP contribution in [-0.2, 0) is 4.74 Å². The number of esters is 1. The quantitative estimate of drug-likeness (QED) is 0.666. The molecule has 0 aliphatic heterocycles. The number of benzene rings is 1. The molecule has 1 aromatic carbocycles. The van der Waals surface area contributed by atoms with E-state index in [0.717, 1.165) is 6.42 Å². The van der Waals surface area contributed by atoms with Crippen molar-refractivity contribution in [2.75, 3.05) is 12.8 Å². The topological polar surface area (TPSA) is 61.5 Å². The van der Waals surface area contributed by atoms with Crippen molar-refractivity contribution in [3.8, 4) is 5.75 Å². The predicted molar refractivity (Wildman–Crippen MR) is 67.6 cm³/mol. The molecule has 2 N–H and O–H groups in total. The molecule has 0 aliphatic carbocycles. The standard InChI is InChI=1S/C12H16ClNO3/c1-4-7(2)17-12(15)8-5-9(13)10(14)6-11(8)16-3/h5-7H,4,14H2,1-3H3. The summed E-state index contributed by atoms with van der Waals surface area (Å²) in [6.07, 6.45) is 0.597. The normalized spacial score (nSPS) is 12.0. The lowest BCUT2D eigenvalue weighted by Gasteiger charge is -2.13. The number of halogens is 1. The Labute approximate surface area is 106 Å². The van der Waals surface area contributed by atoms with Crippen LogP contribution in [0.3, 0.4) is 0 Å². The van der Waals surface area contributed by atoms with Crippen LogP contribution < -0.4 is 10.5 Å². The molecular formula is C12H16ClNO3. The maximum absolute atomic E-state index is 11.9. The van der Waals surface area contributed by atoms with E-state index in [-0.39, 0.29) is 11.7 Å². The number of carbonyl (C=O) groups is 1. The van der Waals surface area contributed by atoms with Crippen molar-refractivity contribution in [2.24, 2.45) is 0 Å². The lowest BCUT2D eigenvalue weighted by Crippen LogP contribution is -2.15. The number of hydrogen-bond acceptors (Lipinski definition) is 4. The molecule has 0 saturated carbocycles. The third-order valence-corrected chi connectivity index (χ3v) is 2.75. The predicted octanol–water partition coefficient (Wildman–Crippen LogP) is 2.89. The molecule has 1 aromatic rings. The van der Waals surface area contributed by atoms with Crippen LogP contribution in [0.15, 0.2) is 12.1 Å². The van der Waals surface area contributed by atoms with Crippen LogP contribution in [0.25, 0.3) is 0 Å². The number of nitrogen functional groups attached to an aromatic ring is 1. The number of ether oxygens (including phenoxy) is 2. The number of rotatable bonds is 4. The van der Waals surface area contributed by atoms with Gasteiger partial charge >= 0.3 is 5.97 Å². The molecule has 0 bridgehead atoms. The fraction of sp³-hybridized carbons (Fsp3) is 0.417. The monoisotopic (exact) mass is 257 g/mol. The molecule has 1 rings (SSSR count). The van der Waals surface area contributed by atoms with Gasteiger partial charge in [-0.1, -0.05) is 18.5 Å². The SMILES string of the molecule is CCC(C)OC(=O)c1cc(Cl)c(N)cc1OC. The first-order chi connectivity index (χ1) is 7.99. The van der Waals surface area contributed by atoms with Gasteiger partial charge in [0.25, 0.3) is 0 Å². The van der Waals surface area contributed by atoms with Gasteiger partial charge in [0.15, 0.2) is 0 Å². The Morgan fingerprint density at radius 1 is 1.53 bits per heavy atom. The maximum atomic E-state index is 11.9. The number of anilines is 1. The molecule has 17 heavy (non-hydrogen) atoms. The summed E-state index contributed by atoms with van der Waals surface area (Å²) < 4.78 is 10.3. The highest BCUT2D eigenvalue weighted by Gasteiger charge is 2.18. The van der Waals surface area contributed by atoms with Crippen molar-refractivity contribution >= 4 is 23.3 Å². The summed E-state index contributed by atoms with van der Waals surface area (Å²) in [5.41, 5.74) is 6.28. The Kier molecular flexibility index (Phi) is 4.63. The molecule has 0 amide bonds. The highest BCUT2D eigenvalue weighted by atomic mass is 35.5. The van der Waals surface area contributed by atoms with Gasteiger partial charge in [0.05, 0.1) is 23.9 Å². The third-order valence-electron chi connectivity index (χ3n) is 2.42. The molecule has 1 unspecified atom stereocenters. The second-order valence-electron chi connectivity index (χ2n) is 3.70. The van der Waals surface area contributed by atoms with Crippen LogP contribution >= 0.6 is 11.6 Å². The first-order valence-corrected chi connectivity index (χ1v) is 5.71. The molecule has 0 spiro atoms. The van der Waals surface area contributed by atoms with E-state index in [0.29, 0.717) is 16.5 Å². The summed E-state index contributed by atoms with van der Waals surface area (Å²) in [4.78, 5) is 11.9. The van der Waals surface area contributed by atoms with Crippen molar-refractivity contribution in [1.29, 1.82) is 0 Å². The molecule has 0 aliphatic rings. The molecule has 5 heteroatoms. The van der Waals surface area contributed by atoms with Crippen molar-refractivity contribution in [3.05, 3.63) is 22.7 Å². The fourth-order valence-electron chi connectivity index (χ4n) is 1.23. The first kappa shape index (κ1) is 13.6. The Balaban J connectivity index is 3.03. The lowest BCUT2D eigenvalue weighted by atomic mass is 10.2. The van der Waals surface area contributed by atoms with Gasteiger partial charge in [-0.2, -0.15) is 0 Å². The minimum atomic E-state index is -0.460. The largest absolute Gasteiger partial charge is 0.496 e. The van der Waals surface area contributed by atoms with Crippen LogP contribution in [0.1, 0.15) is 30.6 Å². The summed E-state index contributed by atoms with van der Waals surface area (Å²) >= 11 is 5.87. The molecule has 94 valence electrons. The smallest absolute Gasteiger partial charge is 0.342 e. The van der Waals surface area contributed by atoms with Gasteiger partial charge in [-0.05, 0) is 19.4 Å². The van der Waals surface area contributed by atoms with E-state index in [1.54, 1.807) is 0 Å². The Morgan fingerprint density at radius 3 is 2.71 bits per heavy atom. The minimum Gasteiger partial charge on any atom is -0.496 e. The molecule has 4 nitrogen and oxygen atoms in total. The maximum Gasteiger partial charge on any atom is 0.342 e. The van der Waals surface area contributed by atoms with E-state index in [9.17, 15) is 4.79 Å². The molecule has 0 saturated heterocycles. The van der Waals surface area contributed by atoms with Crippen LogP contribution in [0, 0.1) is 0 Å². The van der Waals surface area contributed by atoms with E-state index in [4.69, 9.17) is 26.8 Å². The van der Waals surface area contributed by atoms with E-state index in [2.05, 4.69) is 0 Å². The second kappa shape index (κ2) is 5.77. The molecule has 0 fully saturated rings. The Hall–Kier alpha value is -1.42. The molecule has 1 atom stereocenters. The van der Waals surface area contributed by atoms with E-state index < -0.39 is 5.97 Å². The highest BCUT2D eigenvalue weighted by molar-refractivity contribution is 6.33. The van der Waals surface area contributed by atoms with Crippen LogP contribution in [-0.4, -0.2) is 19.2 Å². The van der Waals surface area contributed by atoms with Gasteiger partial charge in [-0.3, -0.25) is 0 Å². The van der Waals surface area contributed by atoms with Crippen molar-refractivity contribution in [1.82, 2.24) is 0 Å². The first-order valence-electron chi connectivity index (χ1n) is 5.33. The lowest BCUT2D eigenvalue weighted by molar-refractivity contribution is 0.0331. The zero-order valence-corrected chi connectivity index (χ0v) is 10.9. The van der Waals surface area contributed by atoms with E-state index in [1.165, 1.54) is 19.2 Å². The van der Waals surface area contributed by atoms with Gasteiger partial charge in [0, 0.05) is 6.07 Å². The summed E-state index contributed by atoms with van der Waals surface area (Å²) in [6.45, 7) is 3.76. The van der Waals surface area contributed by atoms with Crippen molar-refractivity contribution in [3.63, 3.8) is 0 Å². The number of nitrogens with two attached hydrogens (primary N) is 1. The van der Waals surface area contributed by atoms with Gasteiger partial charge in [-0.15, -0.1) is 0 Å². The average Bonchev–Trinajstić information content (AvgIpc) is 2.31. The van der Waals surface area contributed by atoms with E-state index in [1.807, 2.05) is 13.8 Å². The van der Waals surface area contributed by atoms with Gasteiger partial charge in [0.2, 0.25) is 0 Å². The van der Waals surface area contributed by atoms with E-state index >= 15 is 0 Å². The summed E-state index contributed by atoms with van der Waals surface area (Å²) in [7, 11) is 1.46. The van der Waals surface area contributed by atoms with Crippen molar-refractivity contribution < 1.29 is 14.3 Å². The molecule has 0 radical (unpaired) electrons. The Bertz CT molecular complexity index is 420. The highest BCUT2D eigenvalue weighted by Crippen LogP contribution is 2.29. The Morgan fingerprint density at radius 2 is 2.18 bits per heavy atom. The van der Waals surface area contributed by atoms with Gasteiger partial charge in [-0.25, -0.2) is 4.79 Å². The van der Waals surface area contributed by atoms with Crippen LogP contribution in [0.2, 0.25) is 5.02 Å². The van der Waals surface area contributed by atoms with Crippen LogP contribution in [0.5, 0.6) is 5.75 Å². The third kappa shape index (κ3) is 3.27. The molecule has 0 aromatic heterocycles. The minimum absolute atomic E-state index is 0.150. The number of methoxy groups -OCH3 is 1. The number of carbonyl (C=O) groups excluding carboxylic acids is 1. The number of hydrogen-bond donors (Lipinski definition) is 1. The average molecular weight is 258 g/mol. The van der Waals surface area contributed by atoms with Gasteiger partial charge < -0.3 is 15.2 Å². The van der Waals surface area contributed by atoms with Crippen LogP contribution in [0.4, 0.5) is 5.69 Å². The summed E-state index contributed by atoms with van der Waals surface area (Å²) in [6, 6.07) is 2.97. The summed E-state index contributed by atoms with van der Waals surface area (Å²) in [5.74, 6) is -0.0988. The summed E-state index contributed by atoms with van der Waals surface area (Å²) in [5, 5.41) is 0.307. The zero-order valence-electron chi connectivity index (χ0n) is 10.1. The molecule has 0 heterocycles. The second-order valence-corrected chi connectivity index (χ2v) is 4.11. The zero-order chi connectivity index (χ0) is 13.0.